The summed E-state index contributed by atoms with van der Waals surface area (Å²) in [5.41, 5.74) is 0.622. The first-order valence-corrected chi connectivity index (χ1v) is 9.34. The molecule has 1 aliphatic rings. The number of hydrogen-bond acceptors (Lipinski definition) is 3. The van der Waals surface area contributed by atoms with Gasteiger partial charge in [-0.25, -0.2) is 13.5 Å². The second kappa shape index (κ2) is 6.95. The predicted molar refractivity (Wildman–Crippen MR) is 96.0 cm³/mol. The Hall–Kier alpha value is -2.61. The fourth-order valence-corrected chi connectivity index (χ4v) is 3.91. The highest BCUT2D eigenvalue weighted by molar-refractivity contribution is 7.99. The number of nitrogens with zero attached hydrogens (tertiary/aromatic N) is 4. The lowest BCUT2D eigenvalue weighted by Crippen LogP contribution is -2.38. The van der Waals surface area contributed by atoms with Gasteiger partial charge in [0.05, 0.1) is 11.9 Å². The number of aromatic nitrogens is 3. The van der Waals surface area contributed by atoms with Gasteiger partial charge < -0.3 is 9.47 Å². The molecule has 0 aliphatic carbocycles. The van der Waals surface area contributed by atoms with E-state index in [4.69, 9.17) is 0 Å². The lowest BCUT2D eigenvalue weighted by atomic mass is 10.2. The number of carbonyl (C=O) groups is 1. The van der Waals surface area contributed by atoms with Crippen LogP contribution in [0, 0.1) is 11.6 Å². The van der Waals surface area contributed by atoms with Crippen molar-refractivity contribution in [3.8, 4) is 11.5 Å². The highest BCUT2D eigenvalue weighted by atomic mass is 32.2. The van der Waals surface area contributed by atoms with Gasteiger partial charge in [0, 0.05) is 43.1 Å². The van der Waals surface area contributed by atoms with Crippen LogP contribution < -0.4 is 0 Å². The summed E-state index contributed by atoms with van der Waals surface area (Å²) in [5.74, 6) is 0.729. The SMILES string of the molecule is O=C(c1cnn(-c2cc(F)cc(F)c2)c1-n1cccc1)N1CCSCC1. The van der Waals surface area contributed by atoms with E-state index in [0.717, 1.165) is 17.6 Å². The van der Waals surface area contributed by atoms with Crippen LogP contribution in [-0.4, -0.2) is 49.7 Å². The van der Waals surface area contributed by atoms with E-state index in [9.17, 15) is 13.6 Å². The molecule has 1 amide bonds. The van der Waals surface area contributed by atoms with Crippen LogP contribution in [0.4, 0.5) is 8.78 Å². The first-order valence-electron chi connectivity index (χ1n) is 8.18. The molecule has 8 heteroatoms. The summed E-state index contributed by atoms with van der Waals surface area (Å²) in [6.07, 6.45) is 5.00. The zero-order valence-corrected chi connectivity index (χ0v) is 14.6. The summed E-state index contributed by atoms with van der Waals surface area (Å²) in [7, 11) is 0. The quantitative estimate of drug-likeness (QED) is 0.707. The van der Waals surface area contributed by atoms with E-state index in [2.05, 4.69) is 5.10 Å². The van der Waals surface area contributed by atoms with Gasteiger partial charge in [0.1, 0.15) is 17.2 Å². The topological polar surface area (TPSA) is 43.1 Å². The van der Waals surface area contributed by atoms with Crippen LogP contribution in [0.5, 0.6) is 0 Å². The highest BCUT2D eigenvalue weighted by Gasteiger charge is 2.25. The minimum Gasteiger partial charge on any atom is -0.337 e. The second-order valence-corrected chi connectivity index (χ2v) is 7.14. The van der Waals surface area contributed by atoms with Gasteiger partial charge in [0.25, 0.3) is 5.91 Å². The van der Waals surface area contributed by atoms with Gasteiger partial charge in [-0.3, -0.25) is 4.79 Å². The third-order valence-electron chi connectivity index (χ3n) is 4.21. The molecule has 0 N–H and O–H groups in total. The van der Waals surface area contributed by atoms with Crippen LogP contribution in [0.15, 0.2) is 48.9 Å². The Kier molecular flexibility index (Phi) is 4.50. The molecule has 1 aliphatic heterocycles. The standard InChI is InChI=1S/C18H16F2N4OS/c19-13-9-14(20)11-15(10-13)24-17(22-3-1-2-4-22)16(12-21-24)18(25)23-5-7-26-8-6-23/h1-4,9-12H,5-8H2. The molecule has 1 aromatic carbocycles. The Balaban J connectivity index is 1.83. The minimum atomic E-state index is -0.699. The summed E-state index contributed by atoms with van der Waals surface area (Å²) < 4.78 is 30.5. The second-order valence-electron chi connectivity index (χ2n) is 5.92. The number of amides is 1. The third kappa shape index (κ3) is 3.12. The van der Waals surface area contributed by atoms with Crippen molar-refractivity contribution in [3.05, 3.63) is 66.1 Å². The Morgan fingerprint density at radius 2 is 1.69 bits per heavy atom. The molecular weight excluding hydrogens is 358 g/mol. The molecule has 0 unspecified atom stereocenters. The van der Waals surface area contributed by atoms with Gasteiger partial charge in [-0.2, -0.15) is 16.9 Å². The van der Waals surface area contributed by atoms with Crippen LogP contribution in [0.2, 0.25) is 0 Å². The zero-order chi connectivity index (χ0) is 18.1. The van der Waals surface area contributed by atoms with Crippen molar-refractivity contribution in [1.82, 2.24) is 19.2 Å². The van der Waals surface area contributed by atoms with Crippen molar-refractivity contribution >= 4 is 17.7 Å². The molecule has 1 saturated heterocycles. The largest absolute Gasteiger partial charge is 0.337 e. The smallest absolute Gasteiger partial charge is 0.259 e. The van der Waals surface area contributed by atoms with Crippen molar-refractivity contribution < 1.29 is 13.6 Å². The molecule has 26 heavy (non-hydrogen) atoms. The maximum absolute atomic E-state index is 13.7. The van der Waals surface area contributed by atoms with Gasteiger partial charge in [-0.05, 0) is 24.3 Å². The van der Waals surface area contributed by atoms with Crippen LogP contribution in [-0.2, 0) is 0 Å². The van der Waals surface area contributed by atoms with Crippen molar-refractivity contribution in [2.75, 3.05) is 24.6 Å². The normalized spacial score (nSPS) is 14.6. The summed E-state index contributed by atoms with van der Waals surface area (Å²) in [6.45, 7) is 1.35. The third-order valence-corrected chi connectivity index (χ3v) is 5.16. The number of halogens is 2. The number of thioether (sulfide) groups is 1. The van der Waals surface area contributed by atoms with Crippen molar-refractivity contribution in [2.24, 2.45) is 0 Å². The summed E-state index contributed by atoms with van der Waals surface area (Å²) in [4.78, 5) is 14.8. The Morgan fingerprint density at radius 3 is 2.35 bits per heavy atom. The average Bonchev–Trinajstić information content (AvgIpc) is 3.30. The van der Waals surface area contributed by atoms with Gasteiger partial charge in [0.15, 0.2) is 5.82 Å². The van der Waals surface area contributed by atoms with E-state index in [1.54, 1.807) is 21.9 Å². The molecule has 134 valence electrons. The van der Waals surface area contributed by atoms with Crippen molar-refractivity contribution in [2.45, 2.75) is 0 Å². The molecular formula is C18H16F2N4OS. The first kappa shape index (κ1) is 16.8. The minimum absolute atomic E-state index is 0.128. The van der Waals surface area contributed by atoms with E-state index in [1.807, 2.05) is 23.9 Å². The summed E-state index contributed by atoms with van der Waals surface area (Å²) >= 11 is 1.82. The fraction of sp³-hybridized carbons (Fsp3) is 0.222. The lowest BCUT2D eigenvalue weighted by Gasteiger charge is -2.26. The molecule has 5 nitrogen and oxygen atoms in total. The van der Waals surface area contributed by atoms with Crippen molar-refractivity contribution in [3.63, 3.8) is 0 Å². The zero-order valence-electron chi connectivity index (χ0n) is 13.8. The van der Waals surface area contributed by atoms with E-state index in [1.165, 1.54) is 23.0 Å². The monoisotopic (exact) mass is 374 g/mol. The molecule has 2 aromatic heterocycles. The Morgan fingerprint density at radius 1 is 1.04 bits per heavy atom. The summed E-state index contributed by atoms with van der Waals surface area (Å²) in [5, 5.41) is 4.25. The highest BCUT2D eigenvalue weighted by Crippen LogP contribution is 2.23. The molecule has 0 radical (unpaired) electrons. The molecule has 0 saturated carbocycles. The molecule has 3 heterocycles. The molecule has 0 atom stereocenters. The summed E-state index contributed by atoms with van der Waals surface area (Å²) in [6, 6.07) is 6.81. The molecule has 4 rings (SSSR count). The molecule has 0 bridgehead atoms. The van der Waals surface area contributed by atoms with E-state index in [0.29, 0.717) is 24.5 Å². The lowest BCUT2D eigenvalue weighted by molar-refractivity contribution is 0.0772. The van der Waals surface area contributed by atoms with Crippen LogP contribution in [0.25, 0.3) is 11.5 Å². The first-order chi connectivity index (χ1) is 12.6. The van der Waals surface area contributed by atoms with Crippen LogP contribution in [0.3, 0.4) is 0 Å². The Labute approximate surface area is 153 Å². The van der Waals surface area contributed by atoms with E-state index in [-0.39, 0.29) is 11.6 Å². The van der Waals surface area contributed by atoms with Crippen LogP contribution in [0.1, 0.15) is 10.4 Å². The molecule has 0 spiro atoms. The number of hydrogen-bond donors (Lipinski definition) is 0. The van der Waals surface area contributed by atoms with Gasteiger partial charge in [0.2, 0.25) is 0 Å². The molecule has 1 fully saturated rings. The van der Waals surface area contributed by atoms with Gasteiger partial charge in [-0.1, -0.05) is 0 Å². The van der Waals surface area contributed by atoms with E-state index < -0.39 is 11.6 Å². The average molecular weight is 374 g/mol. The number of rotatable bonds is 3. The van der Waals surface area contributed by atoms with Crippen molar-refractivity contribution in [1.29, 1.82) is 0 Å². The van der Waals surface area contributed by atoms with E-state index >= 15 is 0 Å². The Bertz CT molecular complexity index is 913. The predicted octanol–water partition coefficient (Wildman–Crippen LogP) is 3.13. The van der Waals surface area contributed by atoms with Gasteiger partial charge in [-0.15, -0.1) is 0 Å². The fourth-order valence-electron chi connectivity index (χ4n) is 3.00. The number of carbonyl (C=O) groups excluding carboxylic acids is 1. The maximum atomic E-state index is 13.7. The van der Waals surface area contributed by atoms with Gasteiger partial charge >= 0.3 is 0 Å². The molecule has 3 aromatic rings. The maximum Gasteiger partial charge on any atom is 0.259 e. The van der Waals surface area contributed by atoms with Crippen LogP contribution >= 0.6 is 11.8 Å². The number of benzene rings is 1.